The third-order valence-corrected chi connectivity index (χ3v) is 0. The predicted octanol–water partition coefficient (Wildman–Crippen LogP) is 2.59. The molecule has 0 amide bonds. The molecule has 0 heterocycles. The van der Waals surface area contributed by atoms with Gasteiger partial charge >= 0.3 is 69.1 Å². The van der Waals surface area contributed by atoms with Gasteiger partial charge in [0, 0.05) is 0 Å². The predicted molar refractivity (Wildman–Crippen MR) is 30.4 cm³/mol. The minimum absolute atomic E-state index is 0.583. The fourth-order valence-corrected chi connectivity index (χ4v) is 0. The molecule has 0 aliphatic carbocycles. The van der Waals surface area contributed by atoms with Crippen LogP contribution in [0.5, 0.6) is 0 Å². The van der Waals surface area contributed by atoms with E-state index in [0.717, 1.165) is 0 Å². The van der Waals surface area contributed by atoms with Gasteiger partial charge in [-0.05, 0) is 0 Å². The van der Waals surface area contributed by atoms with Crippen molar-refractivity contribution in [3.05, 3.63) is 0 Å². The zero-order valence-corrected chi connectivity index (χ0v) is 11.6. The van der Waals surface area contributed by atoms with E-state index >= 15 is 0 Å². The standard InChI is InChI=1S/4S.2W. The summed E-state index contributed by atoms with van der Waals surface area (Å²) in [6.45, 7) is 0. The molecular weight excluding hydrogens is 496 g/mol. The molecule has 0 aromatic rings. The Labute approximate surface area is 67.9 Å². The normalized spacial score (nSPS) is 4.00. The average Bonchev–Trinajstić information content (AvgIpc) is 1.39. The SMILES string of the molecule is [S]=[W]=[S].[S]=[W]=[S]. The van der Waals surface area contributed by atoms with Gasteiger partial charge in [-0.3, -0.25) is 0 Å². The van der Waals surface area contributed by atoms with Crippen LogP contribution < -0.4 is 0 Å². The summed E-state index contributed by atoms with van der Waals surface area (Å²) >= 11 is -1.17. The molecule has 0 aliphatic rings. The summed E-state index contributed by atoms with van der Waals surface area (Å²) < 4.78 is 0. The van der Waals surface area contributed by atoms with Crippen LogP contribution in [0.3, 0.4) is 0 Å². The van der Waals surface area contributed by atoms with Crippen molar-refractivity contribution in [1.82, 2.24) is 0 Å². The quantitative estimate of drug-likeness (QED) is 0.506. The van der Waals surface area contributed by atoms with Gasteiger partial charge in [-0.25, -0.2) is 0 Å². The Morgan fingerprint density at radius 3 is 0.667 bits per heavy atom. The first-order chi connectivity index (χ1) is 2.83. The molecule has 0 spiro atoms. The van der Waals surface area contributed by atoms with E-state index in [9.17, 15) is 0 Å². The molecule has 0 atom stereocenters. The summed E-state index contributed by atoms with van der Waals surface area (Å²) in [5, 5.41) is 0. The molecule has 0 rings (SSSR count). The minimum atomic E-state index is -0.583. The summed E-state index contributed by atoms with van der Waals surface area (Å²) in [6, 6.07) is 0. The first-order valence-electron chi connectivity index (χ1n) is 0.667. The van der Waals surface area contributed by atoms with Gasteiger partial charge in [0.15, 0.2) is 0 Å². The number of hydrogen-bond acceptors (Lipinski definition) is 4. The van der Waals surface area contributed by atoms with Crippen LogP contribution in [0.15, 0.2) is 0 Å². The Morgan fingerprint density at radius 2 is 0.667 bits per heavy atom. The van der Waals surface area contributed by atoms with Gasteiger partial charge < -0.3 is 0 Å². The van der Waals surface area contributed by atoms with E-state index < -0.39 is 29.8 Å². The van der Waals surface area contributed by atoms with Crippen molar-refractivity contribution < 1.29 is 29.8 Å². The second kappa shape index (κ2) is 15.7. The molecule has 0 fully saturated rings. The van der Waals surface area contributed by atoms with E-state index in [4.69, 9.17) is 0 Å². The summed E-state index contributed by atoms with van der Waals surface area (Å²) in [5.74, 6) is 0. The van der Waals surface area contributed by atoms with E-state index in [1.165, 1.54) is 0 Å². The molecule has 0 aromatic carbocycles. The topological polar surface area (TPSA) is 0 Å². The molecule has 0 saturated carbocycles. The van der Waals surface area contributed by atoms with Gasteiger partial charge in [-0.1, -0.05) is 0 Å². The van der Waals surface area contributed by atoms with Gasteiger partial charge in [0.05, 0.1) is 0 Å². The molecule has 6 heteroatoms. The third-order valence-electron chi connectivity index (χ3n) is 0. The molecule has 36 valence electrons. The summed E-state index contributed by atoms with van der Waals surface area (Å²) in [4.78, 5) is 0. The molecule has 0 radical (unpaired) electrons. The zero-order chi connectivity index (χ0) is 5.41. The van der Waals surface area contributed by atoms with Crippen LogP contribution >= 0.6 is 39.3 Å². The maximum absolute atomic E-state index is 4.38. The van der Waals surface area contributed by atoms with Gasteiger partial charge in [0.1, 0.15) is 0 Å². The summed E-state index contributed by atoms with van der Waals surface area (Å²) in [5.41, 5.74) is 0. The summed E-state index contributed by atoms with van der Waals surface area (Å²) in [6.07, 6.45) is 0. The number of rotatable bonds is 0. The van der Waals surface area contributed by atoms with E-state index in [1.807, 2.05) is 0 Å². The van der Waals surface area contributed by atoms with Crippen molar-refractivity contribution in [2.45, 2.75) is 0 Å². The van der Waals surface area contributed by atoms with Crippen molar-refractivity contribution in [2.75, 3.05) is 0 Å². The van der Waals surface area contributed by atoms with Crippen LogP contribution in [0, 0.1) is 0 Å². The molecule has 0 nitrogen and oxygen atoms in total. The van der Waals surface area contributed by atoms with Crippen LogP contribution in [-0.2, 0) is 29.8 Å². The molecule has 0 saturated heterocycles. The zero-order valence-electron chi connectivity index (χ0n) is 2.45. The van der Waals surface area contributed by atoms with Gasteiger partial charge in [0.2, 0.25) is 0 Å². The maximum atomic E-state index is 4.38. The van der Waals surface area contributed by atoms with Crippen molar-refractivity contribution in [3.63, 3.8) is 0 Å². The second-order valence-electron chi connectivity index (χ2n) is 0.136. The average molecular weight is 496 g/mol. The first kappa shape index (κ1) is 11.1. The fraction of sp³-hybridized carbons (Fsp3) is 0. The molecule has 0 aromatic heterocycles. The van der Waals surface area contributed by atoms with Crippen molar-refractivity contribution in [3.8, 4) is 0 Å². The Balaban J connectivity index is 0. The van der Waals surface area contributed by atoms with Crippen LogP contribution in [-0.4, -0.2) is 0 Å². The van der Waals surface area contributed by atoms with E-state index in [-0.39, 0.29) is 0 Å². The first-order valence-corrected chi connectivity index (χ1v) is 16.4. The van der Waals surface area contributed by atoms with Crippen molar-refractivity contribution in [1.29, 1.82) is 0 Å². The van der Waals surface area contributed by atoms with Gasteiger partial charge in [-0.15, -0.1) is 0 Å². The van der Waals surface area contributed by atoms with Crippen LogP contribution in [0.2, 0.25) is 0 Å². The molecule has 0 unspecified atom stereocenters. The van der Waals surface area contributed by atoms with Crippen LogP contribution in [0.1, 0.15) is 0 Å². The third kappa shape index (κ3) is 33.9. The second-order valence-corrected chi connectivity index (χ2v) is 10.0. The van der Waals surface area contributed by atoms with Crippen LogP contribution in [0.25, 0.3) is 0 Å². The molecule has 0 aliphatic heterocycles. The fourth-order valence-electron chi connectivity index (χ4n) is 0. The van der Waals surface area contributed by atoms with E-state index in [1.54, 1.807) is 0 Å². The van der Waals surface area contributed by atoms with E-state index in [0.29, 0.717) is 0 Å². The van der Waals surface area contributed by atoms with E-state index in [2.05, 4.69) is 39.3 Å². The molecule has 0 N–H and O–H groups in total. The van der Waals surface area contributed by atoms with Gasteiger partial charge in [-0.2, -0.15) is 0 Å². The van der Waals surface area contributed by atoms with Crippen molar-refractivity contribution >= 4 is 39.3 Å². The Morgan fingerprint density at radius 1 is 0.667 bits per heavy atom. The number of hydrogen-bond donors (Lipinski definition) is 0. The molecule has 0 bridgehead atoms. The summed E-state index contributed by atoms with van der Waals surface area (Å²) in [7, 11) is 17.5. The Hall–Kier alpha value is 2.26. The van der Waals surface area contributed by atoms with Crippen LogP contribution in [0.4, 0.5) is 0 Å². The molecular formula is S4W2. The Kier molecular flexibility index (Phi) is 29.0. The van der Waals surface area contributed by atoms with Crippen molar-refractivity contribution in [2.24, 2.45) is 0 Å². The monoisotopic (exact) mass is 496 g/mol. The van der Waals surface area contributed by atoms with Gasteiger partial charge in [0.25, 0.3) is 0 Å². The molecule has 6 heavy (non-hydrogen) atoms. The Bertz CT molecular complexity index is 59.5.